The third-order valence-corrected chi connectivity index (χ3v) is 3.64. The molecule has 0 fully saturated rings. The highest BCUT2D eigenvalue weighted by Gasteiger charge is 2.43. The molecule has 0 aromatic heterocycles. The lowest BCUT2D eigenvalue weighted by Gasteiger charge is -2.19. The monoisotopic (exact) mass is 281 g/mol. The predicted octanol–water partition coefficient (Wildman–Crippen LogP) is 3.48. The van der Waals surface area contributed by atoms with Crippen molar-refractivity contribution in [2.75, 3.05) is 11.4 Å². The Balaban J connectivity index is 2.55. The maximum atomic E-state index is 12.3. The average Bonchev–Trinajstić information content (AvgIpc) is 2.41. The molecule has 1 aromatic carbocycles. The summed E-state index contributed by atoms with van der Waals surface area (Å²) in [5, 5.41) is 0. The number of nitrogens with zero attached hydrogens (tertiary/aromatic N) is 1. The molecule has 3 heteroatoms. The van der Waals surface area contributed by atoms with Gasteiger partial charge >= 0.3 is 0 Å². The molecule has 1 aromatic rings. The smallest absolute Gasteiger partial charge is 0.237 e. The van der Waals surface area contributed by atoms with Gasteiger partial charge < -0.3 is 4.90 Å². The molecule has 86 valence electrons. The van der Waals surface area contributed by atoms with E-state index < -0.39 is 5.41 Å². The minimum Gasteiger partial charge on any atom is -0.311 e. The molecule has 2 rings (SSSR count). The van der Waals surface area contributed by atoms with Gasteiger partial charge in [0.05, 0.1) is 5.41 Å². The Kier molecular flexibility index (Phi) is 2.82. The zero-order chi connectivity index (χ0) is 11.9. The van der Waals surface area contributed by atoms with E-state index >= 15 is 0 Å². The molecule has 16 heavy (non-hydrogen) atoms. The molecule has 0 unspecified atom stereocenters. The summed E-state index contributed by atoms with van der Waals surface area (Å²) in [4.78, 5) is 14.2. The number of anilines is 1. The van der Waals surface area contributed by atoms with Gasteiger partial charge in [-0.15, -0.1) is 0 Å². The second-order valence-corrected chi connectivity index (χ2v) is 5.66. The lowest BCUT2D eigenvalue weighted by atomic mass is 9.86. The van der Waals surface area contributed by atoms with Gasteiger partial charge in [0.1, 0.15) is 0 Å². The van der Waals surface area contributed by atoms with E-state index in [0.717, 1.165) is 28.7 Å². The van der Waals surface area contributed by atoms with Gasteiger partial charge in [0.15, 0.2) is 0 Å². The molecule has 1 amide bonds. The summed E-state index contributed by atoms with van der Waals surface area (Å²) in [5.74, 6) is 0.211. The first kappa shape index (κ1) is 11.6. The number of carbonyl (C=O) groups is 1. The molecule has 0 aliphatic carbocycles. The van der Waals surface area contributed by atoms with Crippen molar-refractivity contribution in [2.24, 2.45) is 0 Å². The predicted molar refractivity (Wildman–Crippen MR) is 69.8 cm³/mol. The highest BCUT2D eigenvalue weighted by Crippen LogP contribution is 2.42. The molecule has 0 N–H and O–H groups in total. The van der Waals surface area contributed by atoms with Crippen molar-refractivity contribution >= 4 is 27.5 Å². The largest absolute Gasteiger partial charge is 0.311 e. The van der Waals surface area contributed by atoms with Gasteiger partial charge in [-0.3, -0.25) is 4.79 Å². The van der Waals surface area contributed by atoms with Crippen LogP contribution in [0.4, 0.5) is 5.69 Å². The van der Waals surface area contributed by atoms with Crippen molar-refractivity contribution in [1.29, 1.82) is 0 Å². The van der Waals surface area contributed by atoms with Crippen molar-refractivity contribution in [1.82, 2.24) is 0 Å². The summed E-state index contributed by atoms with van der Waals surface area (Å²) in [6.07, 6.45) is 0.983. The lowest BCUT2D eigenvalue weighted by molar-refractivity contribution is -0.122. The average molecular weight is 282 g/mol. The molecule has 0 bridgehead atoms. The maximum Gasteiger partial charge on any atom is 0.237 e. The highest BCUT2D eigenvalue weighted by molar-refractivity contribution is 9.10. The van der Waals surface area contributed by atoms with Crippen LogP contribution in [0, 0.1) is 0 Å². The van der Waals surface area contributed by atoms with E-state index in [2.05, 4.69) is 28.9 Å². The van der Waals surface area contributed by atoms with E-state index in [1.807, 2.05) is 30.9 Å². The van der Waals surface area contributed by atoms with Crippen LogP contribution in [0.15, 0.2) is 22.7 Å². The fourth-order valence-electron chi connectivity index (χ4n) is 2.25. The Morgan fingerprint density at radius 3 is 2.69 bits per heavy atom. The molecule has 0 radical (unpaired) electrons. The topological polar surface area (TPSA) is 20.3 Å². The van der Waals surface area contributed by atoms with Crippen molar-refractivity contribution in [3.8, 4) is 0 Å². The Morgan fingerprint density at radius 1 is 1.38 bits per heavy atom. The van der Waals surface area contributed by atoms with Gasteiger partial charge in [-0.1, -0.05) is 22.9 Å². The number of amides is 1. The lowest BCUT2D eigenvalue weighted by Crippen LogP contribution is -2.36. The molecule has 0 atom stereocenters. The van der Waals surface area contributed by atoms with Gasteiger partial charge in [-0.05, 0) is 44.0 Å². The molecule has 1 heterocycles. The number of hydrogen-bond acceptors (Lipinski definition) is 1. The summed E-state index contributed by atoms with van der Waals surface area (Å²) in [7, 11) is 0. The van der Waals surface area contributed by atoms with E-state index in [-0.39, 0.29) is 5.91 Å². The van der Waals surface area contributed by atoms with Crippen LogP contribution in [0.3, 0.4) is 0 Å². The molecule has 1 aliphatic rings. The quantitative estimate of drug-likeness (QED) is 0.813. The number of benzene rings is 1. The first-order valence-corrected chi connectivity index (χ1v) is 6.39. The van der Waals surface area contributed by atoms with Crippen LogP contribution in [-0.2, 0) is 10.2 Å². The fourth-order valence-corrected chi connectivity index (χ4v) is 2.61. The van der Waals surface area contributed by atoms with Crippen LogP contribution in [0.25, 0.3) is 0 Å². The molecular formula is C13H16BrNO. The van der Waals surface area contributed by atoms with Crippen LogP contribution in [-0.4, -0.2) is 12.5 Å². The van der Waals surface area contributed by atoms with Crippen LogP contribution in [0.1, 0.15) is 32.8 Å². The van der Waals surface area contributed by atoms with Crippen LogP contribution in [0.2, 0.25) is 0 Å². The number of hydrogen-bond donors (Lipinski definition) is 0. The number of rotatable bonds is 2. The molecule has 1 aliphatic heterocycles. The van der Waals surface area contributed by atoms with Gasteiger partial charge in [0.25, 0.3) is 0 Å². The van der Waals surface area contributed by atoms with Crippen molar-refractivity contribution < 1.29 is 4.79 Å². The second-order valence-electron chi connectivity index (χ2n) is 4.74. The van der Waals surface area contributed by atoms with Gasteiger partial charge in [-0.25, -0.2) is 0 Å². The summed E-state index contributed by atoms with van der Waals surface area (Å²) >= 11 is 3.47. The van der Waals surface area contributed by atoms with Crippen LogP contribution >= 0.6 is 15.9 Å². The summed E-state index contributed by atoms with van der Waals surface area (Å²) in [6, 6.07) is 6.08. The Bertz CT molecular complexity index is 440. The molecular weight excluding hydrogens is 266 g/mol. The van der Waals surface area contributed by atoms with E-state index in [9.17, 15) is 4.79 Å². The highest BCUT2D eigenvalue weighted by atomic mass is 79.9. The third-order valence-electron chi connectivity index (χ3n) is 3.15. The molecule has 0 spiro atoms. The molecule has 2 nitrogen and oxygen atoms in total. The minimum absolute atomic E-state index is 0.211. The zero-order valence-electron chi connectivity index (χ0n) is 9.88. The standard InChI is InChI=1S/C13H16BrNO/c1-4-7-15-11-6-5-9(14)8-10(11)13(2,3)12(15)16/h5-6,8H,4,7H2,1-3H3. The van der Waals surface area contributed by atoms with E-state index in [4.69, 9.17) is 0 Å². The van der Waals surface area contributed by atoms with Crippen molar-refractivity contribution in [2.45, 2.75) is 32.6 Å². The first-order valence-electron chi connectivity index (χ1n) is 5.60. The second kappa shape index (κ2) is 3.88. The summed E-state index contributed by atoms with van der Waals surface area (Å²) in [5.41, 5.74) is 1.80. The summed E-state index contributed by atoms with van der Waals surface area (Å²) < 4.78 is 1.03. The minimum atomic E-state index is -0.395. The first-order chi connectivity index (χ1) is 7.48. The SMILES string of the molecule is CCCN1C(=O)C(C)(C)c2cc(Br)ccc21. The molecule has 0 saturated carbocycles. The van der Waals surface area contributed by atoms with E-state index in [1.165, 1.54) is 0 Å². The van der Waals surface area contributed by atoms with E-state index in [0.29, 0.717) is 0 Å². The van der Waals surface area contributed by atoms with Crippen molar-refractivity contribution in [3.63, 3.8) is 0 Å². The number of fused-ring (bicyclic) bond motifs is 1. The van der Waals surface area contributed by atoms with Gasteiger partial charge in [0.2, 0.25) is 5.91 Å². The molecule has 0 saturated heterocycles. The maximum absolute atomic E-state index is 12.3. The Hall–Kier alpha value is -0.830. The number of halogens is 1. The fraction of sp³-hybridized carbons (Fsp3) is 0.462. The third kappa shape index (κ3) is 1.58. The normalized spacial score (nSPS) is 17.8. The van der Waals surface area contributed by atoms with Crippen LogP contribution in [0.5, 0.6) is 0 Å². The van der Waals surface area contributed by atoms with E-state index in [1.54, 1.807) is 0 Å². The zero-order valence-corrected chi connectivity index (χ0v) is 11.5. The van der Waals surface area contributed by atoms with Gasteiger partial charge in [0, 0.05) is 16.7 Å². The van der Waals surface area contributed by atoms with Crippen LogP contribution < -0.4 is 4.90 Å². The van der Waals surface area contributed by atoms with Gasteiger partial charge in [-0.2, -0.15) is 0 Å². The summed E-state index contributed by atoms with van der Waals surface area (Å²) in [6.45, 7) is 6.89. The van der Waals surface area contributed by atoms with Crippen molar-refractivity contribution in [3.05, 3.63) is 28.2 Å². The Morgan fingerprint density at radius 2 is 2.06 bits per heavy atom. The number of carbonyl (C=O) groups excluding carboxylic acids is 1. The Labute approximate surface area is 105 Å².